The Balaban J connectivity index is 2.50. The minimum absolute atomic E-state index is 0.115. The largest absolute Gasteiger partial charge is 0.389 e. The standard InChI is InChI=1S/C16H14BrClF4N2O3S2/c17-10-2-1-9(7-11(10)19)8-24(12(15(23)25)5-6-16(20,21)22)29(26,27)14-4-3-13(18)28-14/h1-4,7,12H,5-6,8H2,(H2,23,25). The molecular weight excluding hydrogens is 524 g/mol. The van der Waals surface area contributed by atoms with Gasteiger partial charge < -0.3 is 5.73 Å². The van der Waals surface area contributed by atoms with Crippen LogP contribution in [0.1, 0.15) is 18.4 Å². The number of nitrogens with two attached hydrogens (primary N) is 1. The molecule has 0 spiro atoms. The second-order valence-electron chi connectivity index (χ2n) is 5.93. The molecule has 1 amide bonds. The van der Waals surface area contributed by atoms with E-state index in [1.54, 1.807) is 0 Å². The first-order chi connectivity index (χ1) is 13.3. The number of benzene rings is 1. The Hall–Kier alpha value is -1.21. The van der Waals surface area contributed by atoms with Crippen LogP contribution in [0.5, 0.6) is 0 Å². The second-order valence-corrected chi connectivity index (χ2v) is 10.6. The Morgan fingerprint density at radius 2 is 1.93 bits per heavy atom. The fraction of sp³-hybridized carbons (Fsp3) is 0.312. The van der Waals surface area contributed by atoms with Crippen LogP contribution >= 0.6 is 38.9 Å². The normalized spacial score (nSPS) is 13.6. The molecule has 1 heterocycles. The molecule has 0 aliphatic heterocycles. The highest BCUT2D eigenvalue weighted by Crippen LogP contribution is 2.32. The average Bonchev–Trinajstić information content (AvgIpc) is 3.03. The number of alkyl halides is 3. The van der Waals surface area contributed by atoms with E-state index in [1.165, 1.54) is 24.3 Å². The molecular formula is C16H14BrClF4N2O3S2. The molecule has 2 rings (SSSR count). The van der Waals surface area contributed by atoms with Gasteiger partial charge in [0.25, 0.3) is 10.0 Å². The summed E-state index contributed by atoms with van der Waals surface area (Å²) in [6.45, 7) is -0.562. The minimum atomic E-state index is -4.63. The molecule has 2 N–H and O–H groups in total. The van der Waals surface area contributed by atoms with Crippen LogP contribution in [0.2, 0.25) is 4.34 Å². The number of thiophene rings is 1. The third-order valence-corrected chi connectivity index (χ3v) is 8.01. The first-order valence-corrected chi connectivity index (χ1v) is 11.3. The minimum Gasteiger partial charge on any atom is -0.368 e. The maximum Gasteiger partial charge on any atom is 0.389 e. The van der Waals surface area contributed by atoms with E-state index in [9.17, 15) is 30.8 Å². The van der Waals surface area contributed by atoms with Crippen LogP contribution in [0, 0.1) is 5.82 Å². The molecule has 0 bridgehead atoms. The van der Waals surface area contributed by atoms with Crippen LogP contribution in [-0.2, 0) is 21.4 Å². The predicted octanol–water partition coefficient (Wildman–Crippen LogP) is 4.69. The van der Waals surface area contributed by atoms with Crippen molar-refractivity contribution in [1.29, 1.82) is 0 Å². The van der Waals surface area contributed by atoms with Gasteiger partial charge in [-0.3, -0.25) is 4.79 Å². The zero-order valence-electron chi connectivity index (χ0n) is 14.4. The first-order valence-electron chi connectivity index (χ1n) is 7.88. The Morgan fingerprint density at radius 1 is 1.28 bits per heavy atom. The highest BCUT2D eigenvalue weighted by molar-refractivity contribution is 9.10. The van der Waals surface area contributed by atoms with Gasteiger partial charge in [0, 0.05) is 13.0 Å². The fourth-order valence-electron chi connectivity index (χ4n) is 2.46. The lowest BCUT2D eigenvalue weighted by molar-refractivity contribution is -0.140. The molecule has 5 nitrogen and oxygen atoms in total. The van der Waals surface area contributed by atoms with E-state index in [0.29, 0.717) is 15.6 Å². The van der Waals surface area contributed by atoms with Crippen LogP contribution in [-0.4, -0.2) is 30.8 Å². The summed E-state index contributed by atoms with van der Waals surface area (Å²) in [5, 5.41) is 0. The Bertz CT molecular complexity index is 998. The molecule has 2 aromatic rings. The van der Waals surface area contributed by atoms with Crippen molar-refractivity contribution >= 4 is 54.8 Å². The number of sulfonamides is 1. The third-order valence-electron chi connectivity index (χ3n) is 3.81. The van der Waals surface area contributed by atoms with Crippen LogP contribution in [0.15, 0.2) is 39.0 Å². The molecule has 0 saturated carbocycles. The van der Waals surface area contributed by atoms with Crippen molar-refractivity contribution in [3.8, 4) is 0 Å². The molecule has 160 valence electrons. The average molecular weight is 538 g/mol. The number of carbonyl (C=O) groups is 1. The SMILES string of the molecule is NC(=O)C(CCC(F)(F)F)N(Cc1ccc(Br)c(F)c1)S(=O)(=O)c1ccc(Cl)s1. The second kappa shape index (κ2) is 9.29. The third kappa shape index (κ3) is 6.38. The number of halogens is 6. The van der Waals surface area contributed by atoms with Crippen molar-refractivity contribution in [2.24, 2.45) is 5.73 Å². The smallest absolute Gasteiger partial charge is 0.368 e. The zero-order chi connectivity index (χ0) is 22.0. The lowest BCUT2D eigenvalue weighted by Gasteiger charge is -2.29. The number of nitrogens with zero attached hydrogens (tertiary/aromatic N) is 1. The van der Waals surface area contributed by atoms with E-state index < -0.39 is 53.4 Å². The van der Waals surface area contributed by atoms with E-state index in [0.717, 1.165) is 6.07 Å². The van der Waals surface area contributed by atoms with Crippen LogP contribution in [0.4, 0.5) is 17.6 Å². The number of amides is 1. The summed E-state index contributed by atoms with van der Waals surface area (Å²) in [6, 6.07) is 4.36. The lowest BCUT2D eigenvalue weighted by atomic mass is 10.1. The molecule has 0 fully saturated rings. The number of hydrogen-bond donors (Lipinski definition) is 1. The monoisotopic (exact) mass is 536 g/mol. The molecule has 0 saturated heterocycles. The van der Waals surface area contributed by atoms with Crippen LogP contribution in [0.25, 0.3) is 0 Å². The number of hydrogen-bond acceptors (Lipinski definition) is 4. The van der Waals surface area contributed by atoms with Gasteiger partial charge in [-0.15, -0.1) is 11.3 Å². The van der Waals surface area contributed by atoms with E-state index in [4.69, 9.17) is 17.3 Å². The van der Waals surface area contributed by atoms with Gasteiger partial charge in [-0.05, 0) is 52.2 Å². The number of rotatable bonds is 8. The van der Waals surface area contributed by atoms with Gasteiger partial charge in [0.15, 0.2) is 0 Å². The van der Waals surface area contributed by atoms with Crippen molar-refractivity contribution in [3.05, 3.63) is 50.5 Å². The molecule has 0 radical (unpaired) electrons. The Labute approximate surface area is 181 Å². The Morgan fingerprint density at radius 3 is 2.41 bits per heavy atom. The van der Waals surface area contributed by atoms with Gasteiger partial charge in [0.1, 0.15) is 16.1 Å². The van der Waals surface area contributed by atoms with E-state index in [2.05, 4.69) is 15.9 Å². The molecule has 13 heteroatoms. The van der Waals surface area contributed by atoms with Crippen LogP contribution in [0.3, 0.4) is 0 Å². The molecule has 1 atom stereocenters. The van der Waals surface area contributed by atoms with Gasteiger partial charge in [0.2, 0.25) is 5.91 Å². The number of carbonyl (C=O) groups excluding carboxylic acids is 1. The summed E-state index contributed by atoms with van der Waals surface area (Å²) in [5.74, 6) is -1.96. The summed E-state index contributed by atoms with van der Waals surface area (Å²) in [7, 11) is -4.45. The summed E-state index contributed by atoms with van der Waals surface area (Å²) in [4.78, 5) is 11.9. The summed E-state index contributed by atoms with van der Waals surface area (Å²) >= 11 is 9.40. The predicted molar refractivity (Wildman–Crippen MR) is 104 cm³/mol. The maximum atomic E-state index is 13.8. The summed E-state index contributed by atoms with van der Waals surface area (Å²) in [5.41, 5.74) is 5.36. The quantitative estimate of drug-likeness (QED) is 0.496. The van der Waals surface area contributed by atoms with Crippen molar-refractivity contribution in [1.82, 2.24) is 4.31 Å². The molecule has 29 heavy (non-hydrogen) atoms. The van der Waals surface area contributed by atoms with Gasteiger partial charge >= 0.3 is 6.18 Å². The van der Waals surface area contributed by atoms with Crippen LogP contribution < -0.4 is 5.73 Å². The fourth-order valence-corrected chi connectivity index (χ4v) is 5.93. The molecule has 1 aromatic heterocycles. The maximum absolute atomic E-state index is 13.8. The number of primary amides is 1. The summed E-state index contributed by atoms with van der Waals surface area (Å²) < 4.78 is 78.6. The Kier molecular flexibility index (Phi) is 7.71. The molecule has 1 unspecified atom stereocenters. The van der Waals surface area contributed by atoms with Crippen molar-refractivity contribution < 1.29 is 30.8 Å². The van der Waals surface area contributed by atoms with Gasteiger partial charge in [-0.25, -0.2) is 12.8 Å². The first kappa shape index (κ1) is 24.1. The highest BCUT2D eigenvalue weighted by atomic mass is 79.9. The topological polar surface area (TPSA) is 80.5 Å². The zero-order valence-corrected chi connectivity index (χ0v) is 18.4. The van der Waals surface area contributed by atoms with E-state index in [1.807, 2.05) is 0 Å². The highest BCUT2D eigenvalue weighted by Gasteiger charge is 2.39. The molecule has 1 aromatic carbocycles. The summed E-state index contributed by atoms with van der Waals surface area (Å²) in [6.07, 6.45) is -6.93. The lowest BCUT2D eigenvalue weighted by Crippen LogP contribution is -2.47. The van der Waals surface area contributed by atoms with E-state index in [-0.39, 0.29) is 18.6 Å². The molecule has 0 aliphatic carbocycles. The van der Waals surface area contributed by atoms with Crippen molar-refractivity contribution in [2.75, 3.05) is 0 Å². The van der Waals surface area contributed by atoms with Crippen molar-refractivity contribution in [3.63, 3.8) is 0 Å². The molecule has 0 aliphatic rings. The van der Waals surface area contributed by atoms with Gasteiger partial charge in [0.05, 0.1) is 8.81 Å². The van der Waals surface area contributed by atoms with E-state index >= 15 is 0 Å². The van der Waals surface area contributed by atoms with Gasteiger partial charge in [-0.2, -0.15) is 17.5 Å². The van der Waals surface area contributed by atoms with Gasteiger partial charge in [-0.1, -0.05) is 17.7 Å². The van der Waals surface area contributed by atoms with Crippen molar-refractivity contribution in [2.45, 2.75) is 35.8 Å².